The lowest BCUT2D eigenvalue weighted by atomic mass is 10.1. The highest BCUT2D eigenvalue weighted by molar-refractivity contribution is 5.87. The smallest absolute Gasteiger partial charge is 0.416 e. The van der Waals surface area contributed by atoms with E-state index in [2.05, 4.69) is 19.2 Å². The van der Waals surface area contributed by atoms with Crippen molar-refractivity contribution in [3.05, 3.63) is 0 Å². The second-order valence-electron chi connectivity index (χ2n) is 8.76. The molecule has 1 N–H and O–H groups in total. The van der Waals surface area contributed by atoms with E-state index in [1.54, 1.807) is 0 Å². The second kappa shape index (κ2) is 25.0. The Balaban J connectivity index is 3.31. The zero-order valence-corrected chi connectivity index (χ0v) is 20.7. The Morgan fingerprint density at radius 1 is 0.452 bits per heavy atom. The van der Waals surface area contributed by atoms with Gasteiger partial charge in [0.1, 0.15) is 0 Å². The quantitative estimate of drug-likeness (QED) is 0.171. The molecule has 0 rings (SSSR count). The zero-order valence-electron chi connectivity index (χ0n) is 20.7. The number of rotatable bonds is 22. The number of amides is 2. The number of unbranched alkanes of at least 4 members (excludes halogenated alkanes) is 18. The van der Waals surface area contributed by atoms with Crippen LogP contribution in [0.1, 0.15) is 142 Å². The molecule has 0 aromatic heterocycles. The molecule has 0 aliphatic heterocycles. The van der Waals surface area contributed by atoms with Crippen LogP contribution >= 0.6 is 0 Å². The van der Waals surface area contributed by atoms with Crippen LogP contribution in [0.25, 0.3) is 0 Å². The van der Waals surface area contributed by atoms with Crippen molar-refractivity contribution in [2.75, 3.05) is 13.2 Å². The van der Waals surface area contributed by atoms with Crippen molar-refractivity contribution >= 4 is 12.2 Å². The van der Waals surface area contributed by atoms with Crippen LogP contribution in [0.3, 0.4) is 0 Å². The summed E-state index contributed by atoms with van der Waals surface area (Å²) in [6.07, 6.45) is 23.3. The van der Waals surface area contributed by atoms with Crippen LogP contribution in [-0.4, -0.2) is 25.4 Å². The van der Waals surface area contributed by atoms with Crippen molar-refractivity contribution < 1.29 is 19.1 Å². The highest BCUT2D eigenvalue weighted by Crippen LogP contribution is 2.11. The van der Waals surface area contributed by atoms with Gasteiger partial charge < -0.3 is 9.47 Å². The molecule has 0 aliphatic carbocycles. The number of nitrogens with one attached hydrogen (secondary N) is 1. The van der Waals surface area contributed by atoms with E-state index in [-0.39, 0.29) is 0 Å². The molecule has 0 saturated heterocycles. The highest BCUT2D eigenvalue weighted by atomic mass is 16.6. The Labute approximate surface area is 192 Å². The Kier molecular flexibility index (Phi) is 24.0. The topological polar surface area (TPSA) is 64.6 Å². The summed E-state index contributed by atoms with van der Waals surface area (Å²) in [6.45, 7) is 5.19. The third-order valence-electron chi connectivity index (χ3n) is 5.67. The van der Waals surface area contributed by atoms with E-state index in [9.17, 15) is 9.59 Å². The molecule has 2 amide bonds. The van der Waals surface area contributed by atoms with Crippen LogP contribution < -0.4 is 5.32 Å². The summed E-state index contributed by atoms with van der Waals surface area (Å²) in [7, 11) is 0. The van der Waals surface area contributed by atoms with Gasteiger partial charge >= 0.3 is 12.2 Å². The molecule has 0 aliphatic rings. The van der Waals surface area contributed by atoms with Crippen LogP contribution in [0.15, 0.2) is 0 Å². The van der Waals surface area contributed by atoms with Gasteiger partial charge in [-0.2, -0.15) is 0 Å². The molecule has 0 aromatic rings. The first-order valence-corrected chi connectivity index (χ1v) is 13.3. The van der Waals surface area contributed by atoms with E-state index in [1.807, 2.05) is 0 Å². The summed E-state index contributed by atoms with van der Waals surface area (Å²) >= 11 is 0. The lowest BCUT2D eigenvalue weighted by Crippen LogP contribution is -2.32. The maximum absolute atomic E-state index is 11.6. The number of carbonyl (C=O) groups is 2. The van der Waals surface area contributed by atoms with Gasteiger partial charge in [-0.3, -0.25) is 0 Å². The van der Waals surface area contributed by atoms with Gasteiger partial charge in [-0.25, -0.2) is 14.9 Å². The third-order valence-corrected chi connectivity index (χ3v) is 5.67. The molecule has 0 atom stereocenters. The first kappa shape index (κ1) is 29.7. The minimum absolute atomic E-state index is 0.355. The first-order valence-electron chi connectivity index (χ1n) is 13.3. The van der Waals surface area contributed by atoms with Gasteiger partial charge in [0.05, 0.1) is 13.2 Å². The Hall–Kier alpha value is -1.26. The van der Waals surface area contributed by atoms with Crippen molar-refractivity contribution in [3.8, 4) is 0 Å². The van der Waals surface area contributed by atoms with Crippen molar-refractivity contribution in [2.45, 2.75) is 142 Å². The summed E-state index contributed by atoms with van der Waals surface area (Å²) in [5.74, 6) is 0. The van der Waals surface area contributed by atoms with Gasteiger partial charge in [-0.15, -0.1) is 0 Å². The van der Waals surface area contributed by atoms with E-state index in [0.717, 1.165) is 25.7 Å². The standard InChI is InChI=1S/C26H51NO4/c1-3-5-7-9-11-13-15-17-19-21-23-30-25(28)27-26(29)31-24-22-20-18-16-14-12-10-8-6-4-2/h3-24H2,1-2H3,(H,27,28,29). The van der Waals surface area contributed by atoms with E-state index in [1.165, 1.54) is 103 Å². The van der Waals surface area contributed by atoms with E-state index in [4.69, 9.17) is 9.47 Å². The van der Waals surface area contributed by atoms with E-state index >= 15 is 0 Å². The molecule has 0 aromatic carbocycles. The molecule has 0 heterocycles. The first-order chi connectivity index (χ1) is 15.2. The molecule has 0 radical (unpaired) electrons. The summed E-state index contributed by atoms with van der Waals surface area (Å²) in [5, 5.41) is 2.13. The minimum atomic E-state index is -0.705. The molecular formula is C26H51NO4. The van der Waals surface area contributed by atoms with E-state index < -0.39 is 12.2 Å². The fourth-order valence-corrected chi connectivity index (χ4v) is 3.66. The van der Waals surface area contributed by atoms with Crippen molar-refractivity contribution in [1.82, 2.24) is 5.32 Å². The predicted octanol–water partition coefficient (Wildman–Crippen LogP) is 8.69. The van der Waals surface area contributed by atoms with Crippen LogP contribution in [0, 0.1) is 0 Å². The molecule has 31 heavy (non-hydrogen) atoms. The number of imide groups is 1. The van der Waals surface area contributed by atoms with Gasteiger partial charge in [-0.1, -0.05) is 129 Å². The van der Waals surface area contributed by atoms with Gasteiger partial charge in [0.25, 0.3) is 0 Å². The van der Waals surface area contributed by atoms with Crippen LogP contribution in [0.2, 0.25) is 0 Å². The van der Waals surface area contributed by atoms with Crippen LogP contribution in [0.4, 0.5) is 9.59 Å². The van der Waals surface area contributed by atoms with Gasteiger partial charge in [-0.05, 0) is 12.8 Å². The highest BCUT2D eigenvalue weighted by Gasteiger charge is 2.09. The lowest BCUT2D eigenvalue weighted by molar-refractivity contribution is 0.122. The molecule has 0 fully saturated rings. The zero-order chi connectivity index (χ0) is 22.8. The molecule has 0 unspecified atom stereocenters. The van der Waals surface area contributed by atoms with Crippen molar-refractivity contribution in [3.63, 3.8) is 0 Å². The number of ether oxygens (including phenoxy) is 2. The van der Waals surface area contributed by atoms with Gasteiger partial charge in [0.15, 0.2) is 0 Å². The Bertz CT molecular complexity index is 365. The molecule has 184 valence electrons. The van der Waals surface area contributed by atoms with Crippen LogP contribution in [0.5, 0.6) is 0 Å². The Morgan fingerprint density at radius 3 is 1.00 bits per heavy atom. The lowest BCUT2D eigenvalue weighted by Gasteiger charge is -2.07. The van der Waals surface area contributed by atoms with Gasteiger partial charge in [0.2, 0.25) is 0 Å². The van der Waals surface area contributed by atoms with Crippen molar-refractivity contribution in [1.29, 1.82) is 0 Å². The molecule has 0 bridgehead atoms. The van der Waals surface area contributed by atoms with E-state index in [0.29, 0.717) is 13.2 Å². The molecular weight excluding hydrogens is 390 g/mol. The Morgan fingerprint density at radius 2 is 0.710 bits per heavy atom. The molecule has 5 heteroatoms. The second-order valence-corrected chi connectivity index (χ2v) is 8.76. The number of hydrogen-bond acceptors (Lipinski definition) is 4. The summed E-state index contributed by atoms with van der Waals surface area (Å²) < 4.78 is 10.1. The summed E-state index contributed by atoms with van der Waals surface area (Å²) in [5.41, 5.74) is 0. The number of alkyl carbamates (subject to hydrolysis) is 2. The molecule has 5 nitrogen and oxygen atoms in total. The monoisotopic (exact) mass is 441 g/mol. The van der Waals surface area contributed by atoms with Gasteiger partial charge in [0, 0.05) is 0 Å². The molecule has 0 spiro atoms. The SMILES string of the molecule is CCCCCCCCCCCCOC(=O)NC(=O)OCCCCCCCCCCCC. The summed E-state index contributed by atoms with van der Waals surface area (Å²) in [4.78, 5) is 23.2. The van der Waals surface area contributed by atoms with Crippen LogP contribution in [-0.2, 0) is 9.47 Å². The average Bonchev–Trinajstić information content (AvgIpc) is 2.75. The normalized spacial score (nSPS) is 10.8. The van der Waals surface area contributed by atoms with Crippen molar-refractivity contribution in [2.24, 2.45) is 0 Å². The minimum Gasteiger partial charge on any atom is -0.449 e. The summed E-state index contributed by atoms with van der Waals surface area (Å²) in [6, 6.07) is 0. The maximum atomic E-state index is 11.6. The maximum Gasteiger partial charge on any atom is 0.416 e. The largest absolute Gasteiger partial charge is 0.449 e. The number of carbonyl (C=O) groups excluding carboxylic acids is 2. The fourth-order valence-electron chi connectivity index (χ4n) is 3.66. The number of hydrogen-bond donors (Lipinski definition) is 1. The third kappa shape index (κ3) is 24.9. The average molecular weight is 442 g/mol. The molecule has 0 saturated carbocycles. The fraction of sp³-hybridized carbons (Fsp3) is 0.923. The predicted molar refractivity (Wildman–Crippen MR) is 130 cm³/mol.